The number of benzene rings is 1. The van der Waals surface area contributed by atoms with Crippen molar-refractivity contribution in [2.45, 2.75) is 31.0 Å². The van der Waals surface area contributed by atoms with Gasteiger partial charge in [-0.3, -0.25) is 0 Å². The molecule has 104 valence electrons. The zero-order valence-corrected chi connectivity index (χ0v) is 12.4. The smallest absolute Gasteiger partial charge is 0.125 e. The Morgan fingerprint density at radius 1 is 1.37 bits per heavy atom. The Balaban J connectivity index is 1.99. The van der Waals surface area contributed by atoms with Crippen molar-refractivity contribution in [1.29, 1.82) is 0 Å². The number of alkyl halides is 1. The molecular weight excluding hydrogens is 361 g/mol. The van der Waals surface area contributed by atoms with E-state index in [2.05, 4.69) is 27.7 Å². The molecule has 2 N–H and O–H groups in total. The second kappa shape index (κ2) is 7.18. The fourth-order valence-corrected chi connectivity index (χ4v) is 2.77. The molecule has 1 aromatic rings. The number of aliphatic hydroxyl groups is 1. The van der Waals surface area contributed by atoms with Gasteiger partial charge in [-0.05, 0) is 5.56 Å². The summed E-state index contributed by atoms with van der Waals surface area (Å²) in [6.45, 7) is 0.385. The van der Waals surface area contributed by atoms with E-state index in [-0.39, 0.29) is 6.10 Å². The maximum atomic E-state index is 10.1. The third-order valence-electron chi connectivity index (χ3n) is 3.02. The summed E-state index contributed by atoms with van der Waals surface area (Å²) < 4.78 is 11.9. The number of nitrogens with zero attached hydrogens (tertiary/aromatic N) is 1. The lowest BCUT2D eigenvalue weighted by Gasteiger charge is -2.18. The van der Waals surface area contributed by atoms with Gasteiger partial charge in [0.15, 0.2) is 0 Å². The second-order valence-corrected chi connectivity index (χ2v) is 5.19. The van der Waals surface area contributed by atoms with Gasteiger partial charge in [0, 0.05) is 4.43 Å². The van der Waals surface area contributed by atoms with Crippen LogP contribution in [0.25, 0.3) is 0 Å². The Kier molecular flexibility index (Phi) is 5.56. The van der Waals surface area contributed by atoms with Gasteiger partial charge < -0.3 is 19.8 Å². The van der Waals surface area contributed by atoms with E-state index in [9.17, 15) is 5.11 Å². The van der Waals surface area contributed by atoms with Gasteiger partial charge in [0.05, 0.1) is 18.9 Å². The highest BCUT2D eigenvalue weighted by atomic mass is 127. The summed E-state index contributed by atoms with van der Waals surface area (Å²) in [5, 5.41) is 21.7. The molecule has 1 aliphatic rings. The van der Waals surface area contributed by atoms with Gasteiger partial charge in [-0.1, -0.05) is 58.1 Å². The average molecular weight is 377 g/mol. The van der Waals surface area contributed by atoms with E-state index >= 15 is 0 Å². The molecule has 0 saturated carbocycles. The van der Waals surface area contributed by atoms with E-state index in [0.29, 0.717) is 11.0 Å². The van der Waals surface area contributed by atoms with Crippen LogP contribution in [-0.4, -0.2) is 45.4 Å². The van der Waals surface area contributed by atoms with Gasteiger partial charge in [0.1, 0.15) is 18.3 Å². The maximum absolute atomic E-state index is 10.1. The number of halogens is 1. The molecule has 0 aromatic heterocycles. The summed E-state index contributed by atoms with van der Waals surface area (Å²) in [6.07, 6.45) is -0.808. The number of aliphatic hydroxyl groups excluding tert-OH is 1. The first-order valence-electron chi connectivity index (χ1n) is 5.99. The summed E-state index contributed by atoms with van der Waals surface area (Å²) in [6, 6.07) is 9.70. The quantitative estimate of drug-likeness (QED) is 0.269. The molecule has 5 nitrogen and oxygen atoms in total. The molecule has 0 bridgehead atoms. The van der Waals surface area contributed by atoms with Crippen LogP contribution in [-0.2, 0) is 16.1 Å². The Morgan fingerprint density at radius 2 is 2.11 bits per heavy atom. The monoisotopic (exact) mass is 377 g/mol. The number of hydrogen-bond donors (Lipinski definition) is 2. The van der Waals surface area contributed by atoms with Crippen molar-refractivity contribution in [3.05, 3.63) is 35.9 Å². The molecule has 4 atom stereocenters. The van der Waals surface area contributed by atoms with Crippen LogP contribution in [0.15, 0.2) is 35.5 Å². The molecule has 0 amide bonds. The minimum Gasteiger partial charge on any atom is -0.411 e. The van der Waals surface area contributed by atoms with E-state index in [0.717, 1.165) is 5.56 Å². The van der Waals surface area contributed by atoms with Gasteiger partial charge >= 0.3 is 0 Å². The van der Waals surface area contributed by atoms with Crippen molar-refractivity contribution in [3.63, 3.8) is 0 Å². The lowest BCUT2D eigenvalue weighted by atomic mass is 10.1. The van der Waals surface area contributed by atoms with E-state index in [1.807, 2.05) is 30.3 Å². The van der Waals surface area contributed by atoms with Crippen molar-refractivity contribution in [1.82, 2.24) is 0 Å². The van der Waals surface area contributed by atoms with Crippen molar-refractivity contribution < 1.29 is 19.8 Å². The van der Waals surface area contributed by atoms with Gasteiger partial charge in [-0.2, -0.15) is 0 Å². The van der Waals surface area contributed by atoms with Gasteiger partial charge in [0.2, 0.25) is 0 Å². The van der Waals surface area contributed by atoms with Crippen molar-refractivity contribution in [2.24, 2.45) is 5.16 Å². The van der Waals surface area contributed by atoms with E-state index in [4.69, 9.17) is 14.7 Å². The Morgan fingerprint density at radius 3 is 2.74 bits per heavy atom. The molecule has 2 rings (SSSR count). The van der Waals surface area contributed by atoms with Gasteiger partial charge in [0.25, 0.3) is 0 Å². The largest absolute Gasteiger partial charge is 0.411 e. The fraction of sp³-hybridized carbons (Fsp3) is 0.462. The lowest BCUT2D eigenvalue weighted by Crippen LogP contribution is -2.36. The summed E-state index contributed by atoms with van der Waals surface area (Å²) in [5.41, 5.74) is 1.02. The number of ether oxygens (including phenoxy) is 2. The molecule has 0 unspecified atom stereocenters. The number of oxime groups is 1. The van der Waals surface area contributed by atoms with Crippen LogP contribution in [0.3, 0.4) is 0 Å². The molecular formula is C13H16INO4. The molecule has 1 heterocycles. The van der Waals surface area contributed by atoms with Crippen LogP contribution in [0.2, 0.25) is 0 Å². The third kappa shape index (κ3) is 3.65. The Hall–Kier alpha value is -0.700. The molecule has 1 fully saturated rings. The molecule has 6 heteroatoms. The standard InChI is InChI=1S/C13H16INO4/c14-6-10-12(16)13(11(19-10)7-15-17)18-8-9-4-2-1-3-5-9/h1-5,7,10-13,16-17H,6,8H2/b15-7+/t10-,11-,12+,13+/m0/s1. The van der Waals surface area contributed by atoms with Crippen LogP contribution >= 0.6 is 22.6 Å². The highest BCUT2D eigenvalue weighted by Gasteiger charge is 2.43. The summed E-state index contributed by atoms with van der Waals surface area (Å²) >= 11 is 2.15. The highest BCUT2D eigenvalue weighted by molar-refractivity contribution is 14.1. The van der Waals surface area contributed by atoms with Crippen molar-refractivity contribution in [3.8, 4) is 0 Å². The molecule has 0 radical (unpaired) electrons. The molecule has 1 aromatic carbocycles. The zero-order valence-electron chi connectivity index (χ0n) is 10.2. The van der Waals surface area contributed by atoms with Gasteiger partial charge in [-0.25, -0.2) is 0 Å². The predicted octanol–water partition coefficient (Wildman–Crippen LogP) is 1.60. The van der Waals surface area contributed by atoms with Crippen molar-refractivity contribution in [2.75, 3.05) is 4.43 Å². The van der Waals surface area contributed by atoms with Crippen LogP contribution < -0.4 is 0 Å². The molecule has 1 saturated heterocycles. The molecule has 1 aliphatic heterocycles. The number of rotatable bonds is 5. The minimum atomic E-state index is -0.719. The lowest BCUT2D eigenvalue weighted by molar-refractivity contribution is -0.0308. The third-order valence-corrected chi connectivity index (χ3v) is 3.89. The Bertz CT molecular complexity index is 414. The average Bonchev–Trinajstić information content (AvgIpc) is 2.74. The van der Waals surface area contributed by atoms with E-state index < -0.39 is 18.3 Å². The number of hydrogen-bond acceptors (Lipinski definition) is 5. The zero-order chi connectivity index (χ0) is 13.7. The normalized spacial score (nSPS) is 31.1. The summed E-state index contributed by atoms with van der Waals surface area (Å²) in [5.74, 6) is 0. The minimum absolute atomic E-state index is 0.302. The van der Waals surface area contributed by atoms with Crippen LogP contribution in [0.1, 0.15) is 5.56 Å². The fourth-order valence-electron chi connectivity index (χ4n) is 2.04. The Labute approximate surface area is 125 Å². The molecule has 19 heavy (non-hydrogen) atoms. The van der Waals surface area contributed by atoms with Crippen molar-refractivity contribution >= 4 is 28.8 Å². The molecule has 0 aliphatic carbocycles. The summed E-state index contributed by atoms with van der Waals surface area (Å²) in [7, 11) is 0. The van der Waals surface area contributed by atoms with Gasteiger partial charge in [-0.15, -0.1) is 0 Å². The van der Waals surface area contributed by atoms with Crippen LogP contribution in [0.4, 0.5) is 0 Å². The SMILES string of the molecule is O/N=C/[C@@H]1O[C@@H](CI)[C@@H](O)[C@@H]1OCc1ccccc1. The van der Waals surface area contributed by atoms with Crippen LogP contribution in [0, 0.1) is 0 Å². The highest BCUT2D eigenvalue weighted by Crippen LogP contribution is 2.25. The first-order chi connectivity index (χ1) is 9.26. The topological polar surface area (TPSA) is 71.3 Å². The van der Waals surface area contributed by atoms with E-state index in [1.165, 1.54) is 6.21 Å². The molecule has 0 spiro atoms. The second-order valence-electron chi connectivity index (χ2n) is 4.31. The predicted molar refractivity (Wildman–Crippen MR) is 78.9 cm³/mol. The summed E-state index contributed by atoms with van der Waals surface area (Å²) in [4.78, 5) is 0. The first kappa shape index (κ1) is 14.7. The maximum Gasteiger partial charge on any atom is 0.125 e. The van der Waals surface area contributed by atoms with E-state index in [1.54, 1.807) is 0 Å². The first-order valence-corrected chi connectivity index (χ1v) is 7.51. The van der Waals surface area contributed by atoms with Crippen LogP contribution in [0.5, 0.6) is 0 Å².